The topological polar surface area (TPSA) is 134 Å². The van der Waals surface area contributed by atoms with Gasteiger partial charge in [-0.05, 0) is 59.2 Å². The van der Waals surface area contributed by atoms with Gasteiger partial charge < -0.3 is 25.3 Å². The third kappa shape index (κ3) is 10.00. The predicted octanol–water partition coefficient (Wildman–Crippen LogP) is 2.00. The van der Waals surface area contributed by atoms with Crippen LogP contribution in [0.15, 0.2) is 0 Å². The quantitative estimate of drug-likeness (QED) is 0.262. The highest BCUT2D eigenvalue weighted by Gasteiger charge is 2.42. The van der Waals surface area contributed by atoms with Crippen molar-refractivity contribution in [1.82, 2.24) is 5.32 Å². The molecule has 0 aromatic carbocycles. The first-order valence-corrected chi connectivity index (χ1v) is 10.2. The summed E-state index contributed by atoms with van der Waals surface area (Å²) in [5, 5.41) is 2.15. The maximum Gasteiger partial charge on any atom is 0.311 e. The number of methoxy groups -OCH3 is 1. The third-order valence-corrected chi connectivity index (χ3v) is 4.77. The molecule has 0 saturated carbocycles. The van der Waals surface area contributed by atoms with Gasteiger partial charge in [0, 0.05) is 12.8 Å². The third-order valence-electron chi connectivity index (χ3n) is 4.67. The molecule has 10 heteroatoms. The second-order valence-corrected chi connectivity index (χ2v) is 8.57. The molecule has 0 rings (SSSR count). The molecule has 0 aromatic heterocycles. The normalized spacial score (nSPS) is 14.1. The minimum atomic E-state index is -0.931. The molecule has 172 valence electrons. The average molecular weight is 447 g/mol. The van der Waals surface area contributed by atoms with E-state index in [9.17, 15) is 19.2 Å². The van der Waals surface area contributed by atoms with Gasteiger partial charge in [0.1, 0.15) is 12.7 Å². The van der Waals surface area contributed by atoms with Gasteiger partial charge in [-0.1, -0.05) is 6.92 Å². The van der Waals surface area contributed by atoms with Gasteiger partial charge in [0.15, 0.2) is 5.11 Å². The fraction of sp³-hybridized carbons (Fsp3) is 0.750. The Morgan fingerprint density at radius 3 is 2.20 bits per heavy atom. The summed E-state index contributed by atoms with van der Waals surface area (Å²) in [6.07, 6.45) is 0.504. The van der Waals surface area contributed by atoms with Gasteiger partial charge in [-0.25, -0.2) is 0 Å². The van der Waals surface area contributed by atoms with Crippen LogP contribution >= 0.6 is 12.2 Å². The summed E-state index contributed by atoms with van der Waals surface area (Å²) in [4.78, 5) is 47.8. The first-order chi connectivity index (χ1) is 13.8. The van der Waals surface area contributed by atoms with E-state index in [-0.39, 0.29) is 49.3 Å². The van der Waals surface area contributed by atoms with Gasteiger partial charge in [-0.2, -0.15) is 0 Å². The number of ether oxygens (including phenoxy) is 3. The van der Waals surface area contributed by atoms with Crippen LogP contribution < -0.4 is 11.1 Å². The van der Waals surface area contributed by atoms with Gasteiger partial charge in [-0.3, -0.25) is 19.2 Å². The van der Waals surface area contributed by atoms with Crippen molar-refractivity contribution in [3.05, 3.63) is 0 Å². The van der Waals surface area contributed by atoms with E-state index in [0.29, 0.717) is 6.42 Å². The maximum absolute atomic E-state index is 12.5. The second-order valence-electron chi connectivity index (χ2n) is 8.13. The Hall–Kier alpha value is -2.23. The zero-order chi connectivity index (χ0) is 23.5. The smallest absolute Gasteiger partial charge is 0.311 e. The number of carbonyl (C=O) groups excluding carboxylic acids is 4. The van der Waals surface area contributed by atoms with E-state index in [2.05, 4.69) is 17.5 Å². The molecule has 0 bridgehead atoms. The fourth-order valence-corrected chi connectivity index (χ4v) is 3.05. The molecule has 2 atom stereocenters. The van der Waals surface area contributed by atoms with E-state index in [4.69, 9.17) is 19.9 Å². The van der Waals surface area contributed by atoms with Gasteiger partial charge in [0.05, 0.1) is 17.9 Å². The first-order valence-electron chi connectivity index (χ1n) is 9.81. The number of rotatable bonds is 12. The van der Waals surface area contributed by atoms with E-state index < -0.39 is 28.9 Å². The highest BCUT2D eigenvalue weighted by atomic mass is 32.1. The number of hydrogen-bond acceptors (Lipinski definition) is 8. The summed E-state index contributed by atoms with van der Waals surface area (Å²) in [6.45, 7) is 8.48. The summed E-state index contributed by atoms with van der Waals surface area (Å²) in [5.41, 5.74) is 3.44. The number of hydrogen-bond donors (Lipinski definition) is 2. The molecule has 0 heterocycles. The van der Waals surface area contributed by atoms with Crippen molar-refractivity contribution in [3.63, 3.8) is 0 Å². The van der Waals surface area contributed by atoms with E-state index >= 15 is 0 Å². The monoisotopic (exact) mass is 446 g/mol. The maximum atomic E-state index is 12.5. The molecule has 0 aliphatic heterocycles. The number of nitrogens with one attached hydrogen (secondary N) is 1. The lowest BCUT2D eigenvalue weighted by molar-refractivity contribution is -0.167. The van der Waals surface area contributed by atoms with Crippen LogP contribution in [0.3, 0.4) is 0 Å². The molecule has 0 radical (unpaired) electrons. The van der Waals surface area contributed by atoms with Gasteiger partial charge in [-0.15, -0.1) is 0 Å². The van der Waals surface area contributed by atoms with E-state index in [1.165, 1.54) is 7.11 Å². The average Bonchev–Trinajstić information content (AvgIpc) is 2.64. The first kappa shape index (κ1) is 27.8. The molecule has 9 nitrogen and oxygen atoms in total. The zero-order valence-corrected chi connectivity index (χ0v) is 19.5. The highest BCUT2D eigenvalue weighted by molar-refractivity contribution is 7.80. The van der Waals surface area contributed by atoms with Crippen LogP contribution in [-0.4, -0.2) is 48.7 Å². The van der Waals surface area contributed by atoms with Crippen molar-refractivity contribution in [1.29, 1.82) is 0 Å². The molecule has 0 aliphatic carbocycles. The van der Waals surface area contributed by atoms with Crippen LogP contribution in [0.2, 0.25) is 0 Å². The second kappa shape index (κ2) is 12.5. The summed E-state index contributed by atoms with van der Waals surface area (Å²) in [6, 6.07) is 0. The number of nitrogens with two attached hydrogens (primary N) is 1. The summed E-state index contributed by atoms with van der Waals surface area (Å²) in [5.74, 6) is -1.76. The largest absolute Gasteiger partial charge is 0.469 e. The number of carbonyl (C=O) groups is 4. The Balaban J connectivity index is 4.48. The van der Waals surface area contributed by atoms with Crippen molar-refractivity contribution in [2.24, 2.45) is 16.6 Å². The summed E-state index contributed by atoms with van der Waals surface area (Å²) < 4.78 is 15.3. The molecular weight excluding hydrogens is 412 g/mol. The van der Waals surface area contributed by atoms with Crippen LogP contribution in [0, 0.1) is 10.8 Å². The molecule has 0 fully saturated rings. The molecule has 0 spiro atoms. The van der Waals surface area contributed by atoms with Crippen LogP contribution in [0.1, 0.15) is 66.7 Å². The molecule has 0 saturated heterocycles. The fourth-order valence-electron chi connectivity index (χ4n) is 2.93. The highest BCUT2D eigenvalue weighted by Crippen LogP contribution is 2.38. The lowest BCUT2D eigenvalue weighted by Crippen LogP contribution is -2.39. The Kier molecular flexibility index (Phi) is 11.5. The number of amides is 1. The molecule has 2 unspecified atom stereocenters. The van der Waals surface area contributed by atoms with Crippen molar-refractivity contribution >= 4 is 41.1 Å². The molecule has 0 aromatic rings. The van der Waals surface area contributed by atoms with Crippen LogP contribution in [0.25, 0.3) is 0 Å². The van der Waals surface area contributed by atoms with Gasteiger partial charge >= 0.3 is 17.9 Å². The Bertz CT molecular complexity index is 651. The van der Waals surface area contributed by atoms with Crippen LogP contribution in [-0.2, 0) is 33.4 Å². The van der Waals surface area contributed by atoms with Crippen molar-refractivity contribution in [2.45, 2.75) is 72.8 Å². The van der Waals surface area contributed by atoms with Crippen molar-refractivity contribution < 1.29 is 33.4 Å². The Morgan fingerprint density at radius 2 is 1.70 bits per heavy atom. The molecule has 30 heavy (non-hydrogen) atoms. The molecular formula is C20H34N2O7S. The predicted molar refractivity (Wildman–Crippen MR) is 114 cm³/mol. The minimum absolute atomic E-state index is 0.0303. The minimum Gasteiger partial charge on any atom is -0.469 e. The Morgan fingerprint density at radius 1 is 1.10 bits per heavy atom. The zero-order valence-electron chi connectivity index (χ0n) is 18.7. The van der Waals surface area contributed by atoms with Crippen molar-refractivity contribution in [2.75, 3.05) is 13.7 Å². The molecule has 0 aliphatic rings. The molecule has 1 amide bonds. The number of esters is 3. The lowest BCUT2D eigenvalue weighted by atomic mass is 9.72. The van der Waals surface area contributed by atoms with E-state index in [1.807, 2.05) is 6.92 Å². The summed E-state index contributed by atoms with van der Waals surface area (Å²) in [7, 11) is 1.32. The summed E-state index contributed by atoms with van der Waals surface area (Å²) >= 11 is 4.55. The van der Waals surface area contributed by atoms with Crippen LogP contribution in [0.5, 0.6) is 0 Å². The standard InChI is InChI=1S/C20H34N2O7S/c1-7-20(5,17(26)27-6)12-19(3,4)16(25)28-11-13(2)29-15(24)10-8-9-14(23)22-18(21)30/h13H,7-12H2,1-6H3,(H3,21,22,23,30). The van der Waals surface area contributed by atoms with Crippen LogP contribution in [0.4, 0.5) is 0 Å². The number of thiocarbonyl (C=S) groups is 1. The SMILES string of the molecule is CCC(C)(CC(C)(C)C(=O)OCC(C)OC(=O)CCCC(=O)NC(N)=S)C(=O)OC. The van der Waals surface area contributed by atoms with Gasteiger partial charge in [0.2, 0.25) is 5.91 Å². The van der Waals surface area contributed by atoms with E-state index in [1.54, 1.807) is 27.7 Å². The van der Waals surface area contributed by atoms with Gasteiger partial charge in [0.25, 0.3) is 0 Å². The van der Waals surface area contributed by atoms with E-state index in [0.717, 1.165) is 0 Å². The molecule has 3 N–H and O–H groups in total. The lowest BCUT2D eigenvalue weighted by Gasteiger charge is -2.33. The Labute approximate surface area is 183 Å². The van der Waals surface area contributed by atoms with Crippen molar-refractivity contribution in [3.8, 4) is 0 Å².